The minimum absolute atomic E-state index is 0.0835. The number of ether oxygens (including phenoxy) is 1. The molecule has 1 unspecified atom stereocenters. The summed E-state index contributed by atoms with van der Waals surface area (Å²) in [6.45, 7) is 10.9. The van der Waals surface area contributed by atoms with Crippen LogP contribution in [0, 0.1) is 26.6 Å². The van der Waals surface area contributed by atoms with Gasteiger partial charge in [-0.25, -0.2) is 19.1 Å². The number of carboxylic acid groups (broad SMARTS) is 1. The molecule has 1 aromatic heterocycles. The zero-order valence-electron chi connectivity index (χ0n) is 26.2. The zero-order chi connectivity index (χ0) is 33.0. The van der Waals surface area contributed by atoms with Crippen LogP contribution in [-0.4, -0.2) is 77.3 Å². The Morgan fingerprint density at radius 3 is 2.43 bits per heavy atom. The second kappa shape index (κ2) is 14.6. The molecule has 1 saturated heterocycles. The third-order valence-electron chi connectivity index (χ3n) is 8.07. The molecule has 1 aliphatic heterocycles. The average molecular weight is 668 g/mol. The van der Waals surface area contributed by atoms with Gasteiger partial charge in [-0.15, -0.1) is 0 Å². The van der Waals surface area contributed by atoms with Gasteiger partial charge in [0.15, 0.2) is 11.6 Å². The van der Waals surface area contributed by atoms with Crippen LogP contribution in [0.25, 0.3) is 0 Å². The van der Waals surface area contributed by atoms with Crippen LogP contribution in [0.4, 0.5) is 26.6 Å². The highest BCUT2D eigenvalue weighted by molar-refractivity contribution is 6.33. The number of anilines is 3. The molecule has 12 heteroatoms. The van der Waals surface area contributed by atoms with Crippen molar-refractivity contribution in [2.24, 2.45) is 0 Å². The summed E-state index contributed by atoms with van der Waals surface area (Å²) in [5.74, 6) is -0.209. The van der Waals surface area contributed by atoms with Gasteiger partial charge in [0.05, 0.1) is 6.04 Å². The van der Waals surface area contributed by atoms with Crippen LogP contribution in [0.2, 0.25) is 10.0 Å². The lowest BCUT2D eigenvalue weighted by atomic mass is 9.89. The largest absolute Gasteiger partial charge is 0.489 e. The number of benzene rings is 3. The predicted octanol–water partition coefficient (Wildman–Crippen LogP) is 7.49. The van der Waals surface area contributed by atoms with E-state index in [-0.39, 0.29) is 17.5 Å². The maximum Gasteiger partial charge on any atom is 0.413 e. The monoisotopic (exact) mass is 666 g/mol. The Balaban J connectivity index is 1.41. The van der Waals surface area contributed by atoms with E-state index >= 15 is 4.39 Å². The first-order valence-electron chi connectivity index (χ1n) is 15.0. The number of aryl methyl sites for hydroxylation is 3. The van der Waals surface area contributed by atoms with Crippen molar-refractivity contribution < 1.29 is 19.0 Å². The van der Waals surface area contributed by atoms with E-state index < -0.39 is 18.0 Å². The van der Waals surface area contributed by atoms with E-state index in [0.717, 1.165) is 59.9 Å². The van der Waals surface area contributed by atoms with E-state index in [4.69, 9.17) is 27.9 Å². The van der Waals surface area contributed by atoms with Gasteiger partial charge < -0.3 is 20.1 Å². The molecule has 242 valence electrons. The van der Waals surface area contributed by atoms with Crippen molar-refractivity contribution in [2.75, 3.05) is 56.6 Å². The van der Waals surface area contributed by atoms with Gasteiger partial charge in [-0.2, -0.15) is 4.98 Å². The summed E-state index contributed by atoms with van der Waals surface area (Å²) in [7, 11) is 2.10. The molecule has 1 atom stereocenters. The second-order valence-corrected chi connectivity index (χ2v) is 12.4. The maximum absolute atomic E-state index is 15.0. The lowest BCUT2D eigenvalue weighted by molar-refractivity contribution is 0.132. The van der Waals surface area contributed by atoms with Crippen molar-refractivity contribution in [1.29, 1.82) is 0 Å². The van der Waals surface area contributed by atoms with Crippen LogP contribution >= 0.6 is 23.2 Å². The summed E-state index contributed by atoms with van der Waals surface area (Å²) < 4.78 is 20.7. The van der Waals surface area contributed by atoms with Gasteiger partial charge in [0, 0.05) is 60.7 Å². The van der Waals surface area contributed by atoms with Crippen molar-refractivity contribution in [2.45, 2.75) is 26.8 Å². The summed E-state index contributed by atoms with van der Waals surface area (Å²) in [5, 5.41) is 14.4. The normalized spacial score (nSPS) is 14.6. The van der Waals surface area contributed by atoms with Gasteiger partial charge in [-0.1, -0.05) is 40.9 Å². The SMILES string of the molecule is Cc1cc(C)c(C(c2cc(Cl)ccc2Cl)N(C(=O)O)c2ccnc(Nc3ccc(OCCN4CCN(C)CC4)c(F)c3)n2)c(C)c1. The first-order valence-corrected chi connectivity index (χ1v) is 15.7. The van der Waals surface area contributed by atoms with Crippen LogP contribution in [0.5, 0.6) is 5.75 Å². The van der Waals surface area contributed by atoms with E-state index in [1.165, 1.54) is 18.3 Å². The molecule has 3 aromatic carbocycles. The fourth-order valence-corrected chi connectivity index (χ4v) is 6.24. The number of halogens is 3. The van der Waals surface area contributed by atoms with Crippen LogP contribution in [0.1, 0.15) is 33.9 Å². The molecule has 0 aliphatic carbocycles. The van der Waals surface area contributed by atoms with Gasteiger partial charge in [0.1, 0.15) is 12.4 Å². The van der Waals surface area contributed by atoms with E-state index in [1.807, 2.05) is 32.9 Å². The lowest BCUT2D eigenvalue weighted by Crippen LogP contribution is -2.45. The molecule has 4 aromatic rings. The molecular weight excluding hydrogens is 630 g/mol. The minimum Gasteiger partial charge on any atom is -0.489 e. The number of nitrogens with one attached hydrogen (secondary N) is 1. The van der Waals surface area contributed by atoms with Gasteiger partial charge in [0.25, 0.3) is 0 Å². The Kier molecular flexibility index (Phi) is 10.6. The number of hydrogen-bond acceptors (Lipinski definition) is 7. The fraction of sp³-hybridized carbons (Fsp3) is 0.324. The van der Waals surface area contributed by atoms with Gasteiger partial charge >= 0.3 is 6.09 Å². The summed E-state index contributed by atoms with van der Waals surface area (Å²) in [6.07, 6.45) is 0.187. The van der Waals surface area contributed by atoms with Crippen molar-refractivity contribution >= 4 is 46.7 Å². The minimum atomic E-state index is -1.26. The number of piperazine rings is 1. The lowest BCUT2D eigenvalue weighted by Gasteiger charge is -2.32. The van der Waals surface area contributed by atoms with Gasteiger partial charge in [0.2, 0.25) is 5.95 Å². The van der Waals surface area contributed by atoms with Gasteiger partial charge in [-0.05, 0) is 86.5 Å². The topological polar surface area (TPSA) is 94.1 Å². The highest BCUT2D eigenvalue weighted by atomic mass is 35.5. The molecule has 0 saturated carbocycles. The molecule has 5 rings (SSSR count). The Morgan fingerprint density at radius 1 is 1.04 bits per heavy atom. The third kappa shape index (κ3) is 7.87. The highest BCUT2D eigenvalue weighted by Gasteiger charge is 2.33. The van der Waals surface area contributed by atoms with E-state index in [9.17, 15) is 9.90 Å². The van der Waals surface area contributed by atoms with Crippen LogP contribution in [-0.2, 0) is 0 Å². The predicted molar refractivity (Wildman–Crippen MR) is 181 cm³/mol. The molecular formula is C34H37Cl2FN6O3. The second-order valence-electron chi connectivity index (χ2n) is 11.5. The maximum atomic E-state index is 15.0. The molecule has 0 radical (unpaired) electrons. The Morgan fingerprint density at radius 2 is 1.76 bits per heavy atom. The van der Waals surface area contributed by atoms with Crippen molar-refractivity contribution in [3.63, 3.8) is 0 Å². The first-order chi connectivity index (χ1) is 22.0. The number of likely N-dealkylation sites (N-methyl/N-ethyl adjacent to an activating group) is 1. The molecule has 46 heavy (non-hydrogen) atoms. The number of hydrogen-bond donors (Lipinski definition) is 2. The van der Waals surface area contributed by atoms with E-state index in [0.29, 0.717) is 27.9 Å². The van der Waals surface area contributed by atoms with Crippen molar-refractivity contribution in [3.8, 4) is 5.75 Å². The summed E-state index contributed by atoms with van der Waals surface area (Å²) in [6, 6.07) is 14.1. The molecule has 1 amide bonds. The zero-order valence-corrected chi connectivity index (χ0v) is 27.7. The highest BCUT2D eigenvalue weighted by Crippen LogP contribution is 2.40. The number of rotatable bonds is 10. The van der Waals surface area contributed by atoms with E-state index in [1.54, 1.807) is 30.3 Å². The quantitative estimate of drug-likeness (QED) is 0.180. The average Bonchev–Trinajstić information content (AvgIpc) is 2.99. The summed E-state index contributed by atoms with van der Waals surface area (Å²) >= 11 is 13.1. The van der Waals surface area contributed by atoms with Crippen LogP contribution < -0.4 is 15.0 Å². The number of nitrogens with zero attached hydrogens (tertiary/aromatic N) is 5. The molecule has 0 bridgehead atoms. The molecule has 1 fully saturated rings. The van der Waals surface area contributed by atoms with Crippen LogP contribution in [0.3, 0.4) is 0 Å². The fourth-order valence-electron chi connectivity index (χ4n) is 5.84. The Bertz CT molecular complexity index is 1690. The van der Waals surface area contributed by atoms with Crippen molar-refractivity contribution in [3.05, 3.63) is 104 Å². The number of carbonyl (C=O) groups is 1. The summed E-state index contributed by atoms with van der Waals surface area (Å²) in [5.41, 5.74) is 4.46. The number of amides is 1. The van der Waals surface area contributed by atoms with Gasteiger partial charge in [-0.3, -0.25) is 4.90 Å². The summed E-state index contributed by atoms with van der Waals surface area (Å²) in [4.78, 5) is 27.5. The standard InChI is InChI=1S/C34H37Cl2FN6O3/c1-21-17-22(2)31(23(3)18-21)32(26-19-24(35)5-7-27(26)36)43(34(44)45)30-9-10-38-33(40-30)39-25-6-8-29(28(37)20-25)46-16-15-42-13-11-41(4)12-14-42/h5-10,17-20,32H,11-16H2,1-4H3,(H,44,45)(H,38,39,40). The van der Waals surface area contributed by atoms with Crippen molar-refractivity contribution in [1.82, 2.24) is 19.8 Å². The third-order valence-corrected chi connectivity index (χ3v) is 8.64. The molecule has 2 heterocycles. The molecule has 2 N–H and O–H groups in total. The van der Waals surface area contributed by atoms with Crippen LogP contribution in [0.15, 0.2) is 60.8 Å². The Hall–Kier alpha value is -3.96. The molecule has 1 aliphatic rings. The smallest absolute Gasteiger partial charge is 0.413 e. The van der Waals surface area contributed by atoms with E-state index in [2.05, 4.69) is 32.1 Å². The first kappa shape index (κ1) is 33.4. The Labute approximate surface area is 278 Å². The number of aromatic nitrogens is 2. The molecule has 9 nitrogen and oxygen atoms in total. The molecule has 0 spiro atoms.